The molecule has 2 rings (SSSR count). The lowest BCUT2D eigenvalue weighted by Crippen LogP contribution is -2.12. The van der Waals surface area contributed by atoms with Crippen LogP contribution in [0, 0.1) is 12.7 Å². The molecule has 1 nitrogen and oxygen atoms in total. The van der Waals surface area contributed by atoms with Gasteiger partial charge in [-0.2, -0.15) is 0 Å². The summed E-state index contributed by atoms with van der Waals surface area (Å²) in [5.74, 6) is -0.222. The first-order valence-electron chi connectivity index (χ1n) is 4.96. The van der Waals surface area contributed by atoms with Crippen LogP contribution in [0.2, 0.25) is 0 Å². The minimum absolute atomic E-state index is 0.222. The molecule has 0 aliphatic carbocycles. The standard InChI is InChI=1S/C12H10Br2FNS/c1-6-3-2-4-7(10(6)15)11(16)9-5-8(13)12(14)17-9/h2-5,11H,16H2,1H3. The van der Waals surface area contributed by atoms with Crippen molar-refractivity contribution in [2.75, 3.05) is 0 Å². The van der Waals surface area contributed by atoms with Crippen LogP contribution >= 0.6 is 43.2 Å². The third-order valence-electron chi connectivity index (χ3n) is 2.53. The summed E-state index contributed by atoms with van der Waals surface area (Å²) in [6.07, 6.45) is 0. The molecule has 1 heterocycles. The van der Waals surface area contributed by atoms with Gasteiger partial charge in [0.25, 0.3) is 0 Å². The fraction of sp³-hybridized carbons (Fsp3) is 0.167. The molecule has 2 N–H and O–H groups in total. The average molecular weight is 379 g/mol. The molecule has 90 valence electrons. The van der Waals surface area contributed by atoms with Gasteiger partial charge >= 0.3 is 0 Å². The Morgan fingerprint density at radius 3 is 2.65 bits per heavy atom. The lowest BCUT2D eigenvalue weighted by Gasteiger charge is -2.12. The van der Waals surface area contributed by atoms with Crippen LogP contribution in [0.4, 0.5) is 4.39 Å². The van der Waals surface area contributed by atoms with E-state index in [0.717, 1.165) is 13.1 Å². The van der Waals surface area contributed by atoms with E-state index in [1.54, 1.807) is 19.1 Å². The number of halogens is 3. The van der Waals surface area contributed by atoms with Gasteiger partial charge in [0.2, 0.25) is 0 Å². The number of aryl methyl sites for hydroxylation is 1. The minimum atomic E-state index is -0.428. The van der Waals surface area contributed by atoms with Crippen LogP contribution < -0.4 is 5.73 Å². The molecule has 1 unspecified atom stereocenters. The van der Waals surface area contributed by atoms with Gasteiger partial charge in [-0.25, -0.2) is 4.39 Å². The maximum Gasteiger partial charge on any atom is 0.131 e. The predicted molar refractivity (Wildman–Crippen MR) is 76.9 cm³/mol. The molecule has 1 atom stereocenters. The zero-order valence-electron chi connectivity index (χ0n) is 9.01. The van der Waals surface area contributed by atoms with Gasteiger partial charge in [-0.3, -0.25) is 0 Å². The zero-order valence-corrected chi connectivity index (χ0v) is 13.0. The van der Waals surface area contributed by atoms with Gasteiger partial charge in [0, 0.05) is 14.9 Å². The van der Waals surface area contributed by atoms with Crippen molar-refractivity contribution in [2.45, 2.75) is 13.0 Å². The molecule has 5 heteroatoms. The van der Waals surface area contributed by atoms with Gasteiger partial charge in [-0.05, 0) is 50.4 Å². The maximum atomic E-state index is 13.9. The third kappa shape index (κ3) is 2.62. The van der Waals surface area contributed by atoms with Crippen molar-refractivity contribution in [2.24, 2.45) is 5.73 Å². The van der Waals surface area contributed by atoms with Crippen molar-refractivity contribution >= 4 is 43.2 Å². The van der Waals surface area contributed by atoms with E-state index in [-0.39, 0.29) is 5.82 Å². The lowest BCUT2D eigenvalue weighted by molar-refractivity contribution is 0.592. The summed E-state index contributed by atoms with van der Waals surface area (Å²) in [6.45, 7) is 1.74. The van der Waals surface area contributed by atoms with Gasteiger partial charge in [-0.15, -0.1) is 11.3 Å². The Morgan fingerprint density at radius 1 is 1.35 bits per heavy atom. The summed E-state index contributed by atoms with van der Waals surface area (Å²) in [4.78, 5) is 0.924. The van der Waals surface area contributed by atoms with Crippen molar-refractivity contribution in [3.8, 4) is 0 Å². The van der Waals surface area contributed by atoms with E-state index in [0.29, 0.717) is 11.1 Å². The van der Waals surface area contributed by atoms with Crippen LogP contribution in [-0.2, 0) is 0 Å². The summed E-state index contributed by atoms with van der Waals surface area (Å²) < 4.78 is 15.9. The van der Waals surface area contributed by atoms with Crippen LogP contribution in [0.3, 0.4) is 0 Å². The topological polar surface area (TPSA) is 26.0 Å². The molecule has 0 spiro atoms. The van der Waals surface area contributed by atoms with E-state index in [1.807, 2.05) is 12.1 Å². The predicted octanol–water partition coefficient (Wildman–Crippen LogP) is 4.77. The van der Waals surface area contributed by atoms with Gasteiger partial charge < -0.3 is 5.73 Å². The molecule has 1 aromatic carbocycles. The summed E-state index contributed by atoms with van der Waals surface area (Å²) in [5, 5.41) is 0. The fourth-order valence-electron chi connectivity index (χ4n) is 1.58. The first-order valence-corrected chi connectivity index (χ1v) is 7.36. The van der Waals surface area contributed by atoms with Crippen LogP contribution in [0.15, 0.2) is 32.5 Å². The van der Waals surface area contributed by atoms with Crippen LogP contribution in [0.25, 0.3) is 0 Å². The summed E-state index contributed by atoms with van der Waals surface area (Å²) in [6, 6.07) is 6.79. The Kier molecular flexibility index (Phi) is 4.02. The van der Waals surface area contributed by atoms with Gasteiger partial charge in [0.1, 0.15) is 5.82 Å². The molecular formula is C12H10Br2FNS. The lowest BCUT2D eigenvalue weighted by atomic mass is 10.0. The molecule has 0 saturated heterocycles. The molecule has 0 radical (unpaired) electrons. The van der Waals surface area contributed by atoms with Crippen LogP contribution in [-0.4, -0.2) is 0 Å². The molecule has 0 amide bonds. The number of hydrogen-bond acceptors (Lipinski definition) is 2. The second-order valence-corrected chi connectivity index (χ2v) is 6.98. The Balaban J connectivity index is 2.43. The number of rotatable bonds is 2. The molecule has 17 heavy (non-hydrogen) atoms. The van der Waals surface area contributed by atoms with Crippen molar-refractivity contribution < 1.29 is 4.39 Å². The van der Waals surface area contributed by atoms with E-state index < -0.39 is 6.04 Å². The van der Waals surface area contributed by atoms with Crippen molar-refractivity contribution in [1.29, 1.82) is 0 Å². The van der Waals surface area contributed by atoms with Gasteiger partial charge in [0.15, 0.2) is 0 Å². The molecule has 0 bridgehead atoms. The Bertz CT molecular complexity index is 534. The van der Waals surface area contributed by atoms with Crippen LogP contribution in [0.5, 0.6) is 0 Å². The monoisotopic (exact) mass is 377 g/mol. The highest BCUT2D eigenvalue weighted by Crippen LogP contribution is 2.37. The van der Waals surface area contributed by atoms with Gasteiger partial charge in [-0.1, -0.05) is 18.2 Å². The van der Waals surface area contributed by atoms with Crippen molar-refractivity contribution in [3.05, 3.63) is 54.3 Å². The zero-order chi connectivity index (χ0) is 12.6. The van der Waals surface area contributed by atoms with E-state index in [2.05, 4.69) is 31.9 Å². The average Bonchev–Trinajstić information content (AvgIpc) is 2.62. The van der Waals surface area contributed by atoms with E-state index in [1.165, 1.54) is 11.3 Å². The van der Waals surface area contributed by atoms with E-state index >= 15 is 0 Å². The third-order valence-corrected chi connectivity index (χ3v) is 5.87. The molecule has 0 aliphatic rings. The number of thiophene rings is 1. The largest absolute Gasteiger partial charge is 0.320 e. The molecular weight excluding hydrogens is 369 g/mol. The second kappa shape index (κ2) is 5.18. The van der Waals surface area contributed by atoms with Gasteiger partial charge in [0.05, 0.1) is 9.83 Å². The first-order chi connectivity index (χ1) is 8.00. The fourth-order valence-corrected chi connectivity index (χ4v) is 3.69. The first kappa shape index (κ1) is 13.2. The normalized spacial score (nSPS) is 12.8. The highest BCUT2D eigenvalue weighted by Gasteiger charge is 2.17. The Labute approximate surface area is 120 Å². The summed E-state index contributed by atoms with van der Waals surface area (Å²) >= 11 is 8.33. The quantitative estimate of drug-likeness (QED) is 0.800. The number of hydrogen-bond donors (Lipinski definition) is 1. The second-order valence-electron chi connectivity index (χ2n) is 3.73. The molecule has 2 aromatic rings. The Morgan fingerprint density at radius 2 is 2.06 bits per heavy atom. The number of benzene rings is 1. The van der Waals surface area contributed by atoms with E-state index in [4.69, 9.17) is 5.73 Å². The number of nitrogens with two attached hydrogens (primary N) is 1. The molecule has 0 fully saturated rings. The van der Waals surface area contributed by atoms with Crippen LogP contribution in [0.1, 0.15) is 22.0 Å². The summed E-state index contributed by atoms with van der Waals surface area (Å²) in [7, 11) is 0. The molecule has 0 aliphatic heterocycles. The SMILES string of the molecule is Cc1cccc(C(N)c2cc(Br)c(Br)s2)c1F. The molecule has 1 aromatic heterocycles. The van der Waals surface area contributed by atoms with Crippen molar-refractivity contribution in [1.82, 2.24) is 0 Å². The maximum absolute atomic E-state index is 13.9. The van der Waals surface area contributed by atoms with E-state index in [9.17, 15) is 4.39 Å². The molecule has 0 saturated carbocycles. The smallest absolute Gasteiger partial charge is 0.131 e. The highest BCUT2D eigenvalue weighted by atomic mass is 79.9. The summed E-state index contributed by atoms with van der Waals surface area (Å²) in [5.41, 5.74) is 7.25. The van der Waals surface area contributed by atoms with Crippen molar-refractivity contribution in [3.63, 3.8) is 0 Å². The highest BCUT2D eigenvalue weighted by molar-refractivity contribution is 9.13. The minimum Gasteiger partial charge on any atom is -0.320 e. The Hall–Kier alpha value is -0.230.